The van der Waals surface area contributed by atoms with Gasteiger partial charge in [-0.05, 0) is 46.7 Å². The number of amides is 1. The number of hydrogen-bond acceptors (Lipinski definition) is 4. The second-order valence-electron chi connectivity index (χ2n) is 6.77. The zero-order valence-electron chi connectivity index (χ0n) is 16.4. The number of rotatable bonds is 5. The van der Waals surface area contributed by atoms with Crippen molar-refractivity contribution in [3.05, 3.63) is 102 Å². The number of carbonyl (C=O) groups excluding carboxylic acids is 1. The van der Waals surface area contributed by atoms with Gasteiger partial charge in [-0.15, -0.1) is 0 Å². The topological polar surface area (TPSA) is 67.8 Å². The molecule has 0 aromatic heterocycles. The fourth-order valence-electron chi connectivity index (χ4n) is 3.45. The molecular formula is C25H21NO4. The van der Waals surface area contributed by atoms with Gasteiger partial charge in [-0.1, -0.05) is 60.7 Å². The van der Waals surface area contributed by atoms with E-state index in [0.717, 1.165) is 16.3 Å². The van der Waals surface area contributed by atoms with Gasteiger partial charge >= 0.3 is 6.09 Å². The summed E-state index contributed by atoms with van der Waals surface area (Å²) in [6, 6.07) is 26.8. The first kappa shape index (κ1) is 19.3. The Morgan fingerprint density at radius 1 is 0.833 bits per heavy atom. The third kappa shape index (κ3) is 4.05. The molecule has 0 saturated carbocycles. The normalized spacial score (nSPS) is 11.6. The molecule has 4 rings (SSSR count). The summed E-state index contributed by atoms with van der Waals surface area (Å²) in [6.07, 6.45) is -0.616. The Bertz CT molecular complexity index is 1160. The van der Waals surface area contributed by atoms with Crippen LogP contribution in [0.15, 0.2) is 91.0 Å². The minimum absolute atomic E-state index is 0.0922. The Morgan fingerprint density at radius 2 is 1.53 bits per heavy atom. The maximum Gasteiger partial charge on any atom is 0.413 e. The number of hydrogen-bond donors (Lipinski definition) is 2. The zero-order valence-corrected chi connectivity index (χ0v) is 16.4. The molecule has 0 saturated heterocycles. The molecule has 5 heteroatoms. The Hall–Kier alpha value is -3.99. The van der Waals surface area contributed by atoms with Crippen molar-refractivity contribution in [2.75, 3.05) is 7.11 Å². The van der Waals surface area contributed by atoms with Crippen molar-refractivity contribution < 1.29 is 19.4 Å². The lowest BCUT2D eigenvalue weighted by Gasteiger charge is -2.22. The quantitative estimate of drug-likeness (QED) is 0.469. The van der Waals surface area contributed by atoms with Gasteiger partial charge in [0.2, 0.25) is 0 Å². The first-order valence-electron chi connectivity index (χ1n) is 9.53. The van der Waals surface area contributed by atoms with E-state index in [4.69, 9.17) is 9.47 Å². The predicted octanol–water partition coefficient (Wildman–Crippen LogP) is 5.43. The molecule has 0 heterocycles. The first-order chi connectivity index (χ1) is 14.7. The SMILES string of the molecule is COc1ccc(C(NC(=O)Oc2ccccc2)c2c(O)ccc3ccccc23)cc1. The van der Waals surface area contributed by atoms with Crippen molar-refractivity contribution in [1.82, 2.24) is 5.32 Å². The van der Waals surface area contributed by atoms with Crippen LogP contribution < -0.4 is 14.8 Å². The van der Waals surface area contributed by atoms with Crippen molar-refractivity contribution in [2.45, 2.75) is 6.04 Å². The number of fused-ring (bicyclic) bond motifs is 1. The Labute approximate surface area is 174 Å². The van der Waals surface area contributed by atoms with E-state index in [2.05, 4.69) is 5.32 Å². The van der Waals surface area contributed by atoms with E-state index in [0.29, 0.717) is 17.1 Å². The van der Waals surface area contributed by atoms with E-state index in [1.54, 1.807) is 37.4 Å². The van der Waals surface area contributed by atoms with Crippen molar-refractivity contribution in [2.24, 2.45) is 0 Å². The van der Waals surface area contributed by atoms with Crippen molar-refractivity contribution in [1.29, 1.82) is 0 Å². The summed E-state index contributed by atoms with van der Waals surface area (Å²) < 4.78 is 10.7. The van der Waals surface area contributed by atoms with Crippen molar-refractivity contribution >= 4 is 16.9 Å². The van der Waals surface area contributed by atoms with Crippen LogP contribution >= 0.6 is 0 Å². The number of ether oxygens (including phenoxy) is 2. The lowest BCUT2D eigenvalue weighted by molar-refractivity contribution is 0.198. The third-order valence-electron chi connectivity index (χ3n) is 4.90. The van der Waals surface area contributed by atoms with E-state index in [1.165, 1.54) is 0 Å². The van der Waals surface area contributed by atoms with Gasteiger partial charge in [-0.25, -0.2) is 4.79 Å². The minimum atomic E-state index is -0.627. The highest BCUT2D eigenvalue weighted by Gasteiger charge is 2.23. The van der Waals surface area contributed by atoms with Gasteiger partial charge in [-0.2, -0.15) is 0 Å². The Morgan fingerprint density at radius 3 is 2.27 bits per heavy atom. The summed E-state index contributed by atoms with van der Waals surface area (Å²) in [4.78, 5) is 12.7. The van der Waals surface area contributed by atoms with Crippen LogP contribution in [0.2, 0.25) is 0 Å². The first-order valence-corrected chi connectivity index (χ1v) is 9.53. The molecule has 0 bridgehead atoms. The summed E-state index contributed by atoms with van der Waals surface area (Å²) in [6.45, 7) is 0. The highest BCUT2D eigenvalue weighted by Crippen LogP contribution is 2.36. The molecule has 1 unspecified atom stereocenters. The van der Waals surface area contributed by atoms with Crippen LogP contribution in [-0.2, 0) is 0 Å². The average molecular weight is 399 g/mol. The molecular weight excluding hydrogens is 378 g/mol. The number of methoxy groups -OCH3 is 1. The number of benzene rings is 4. The van der Waals surface area contributed by atoms with E-state index >= 15 is 0 Å². The van der Waals surface area contributed by atoms with Crippen LogP contribution in [0.1, 0.15) is 17.2 Å². The van der Waals surface area contributed by atoms with Crippen molar-refractivity contribution in [3.8, 4) is 17.2 Å². The fourth-order valence-corrected chi connectivity index (χ4v) is 3.45. The molecule has 5 nitrogen and oxygen atoms in total. The summed E-state index contributed by atoms with van der Waals surface area (Å²) in [5.41, 5.74) is 1.38. The molecule has 0 aliphatic carbocycles. The van der Waals surface area contributed by atoms with Crippen LogP contribution in [0.4, 0.5) is 4.79 Å². The molecule has 1 amide bonds. The van der Waals surface area contributed by atoms with Crippen LogP contribution in [0.5, 0.6) is 17.2 Å². The van der Waals surface area contributed by atoms with E-state index < -0.39 is 12.1 Å². The zero-order chi connectivity index (χ0) is 20.9. The third-order valence-corrected chi connectivity index (χ3v) is 4.90. The molecule has 0 radical (unpaired) electrons. The summed E-state index contributed by atoms with van der Waals surface area (Å²) in [5, 5.41) is 15.4. The summed E-state index contributed by atoms with van der Waals surface area (Å²) in [5.74, 6) is 1.23. The molecule has 4 aromatic carbocycles. The van der Waals surface area contributed by atoms with Crippen molar-refractivity contribution in [3.63, 3.8) is 0 Å². The molecule has 1 atom stereocenters. The highest BCUT2D eigenvalue weighted by atomic mass is 16.6. The maximum absolute atomic E-state index is 12.7. The Balaban J connectivity index is 1.76. The summed E-state index contributed by atoms with van der Waals surface area (Å²) in [7, 11) is 1.60. The van der Waals surface area contributed by atoms with Gasteiger partial charge in [0.05, 0.1) is 13.2 Å². The van der Waals surface area contributed by atoms with Gasteiger partial charge in [0, 0.05) is 5.56 Å². The van der Waals surface area contributed by atoms with Gasteiger partial charge in [0.15, 0.2) is 0 Å². The number of carbonyl (C=O) groups is 1. The molecule has 0 fully saturated rings. The molecule has 0 aliphatic heterocycles. The van der Waals surface area contributed by atoms with E-state index in [1.807, 2.05) is 60.7 Å². The lowest BCUT2D eigenvalue weighted by atomic mass is 9.93. The lowest BCUT2D eigenvalue weighted by Crippen LogP contribution is -2.32. The summed E-state index contributed by atoms with van der Waals surface area (Å²) >= 11 is 0. The minimum Gasteiger partial charge on any atom is -0.508 e. The predicted molar refractivity (Wildman–Crippen MR) is 116 cm³/mol. The van der Waals surface area contributed by atoms with Crippen LogP contribution in [-0.4, -0.2) is 18.3 Å². The van der Waals surface area contributed by atoms with Gasteiger partial charge in [-0.3, -0.25) is 0 Å². The van der Waals surface area contributed by atoms with Gasteiger partial charge in [0.25, 0.3) is 0 Å². The smallest absolute Gasteiger partial charge is 0.413 e. The average Bonchev–Trinajstić information content (AvgIpc) is 2.78. The second-order valence-corrected chi connectivity index (χ2v) is 6.77. The van der Waals surface area contributed by atoms with Crippen LogP contribution in [0.25, 0.3) is 10.8 Å². The molecule has 4 aromatic rings. The Kier molecular flexibility index (Phi) is 5.52. The molecule has 30 heavy (non-hydrogen) atoms. The second kappa shape index (κ2) is 8.57. The number of phenolic OH excluding ortho intramolecular Hbond substituents is 1. The van der Waals surface area contributed by atoms with Crippen LogP contribution in [0, 0.1) is 0 Å². The number of para-hydroxylation sites is 1. The number of phenols is 1. The van der Waals surface area contributed by atoms with E-state index in [-0.39, 0.29) is 5.75 Å². The molecule has 0 spiro atoms. The van der Waals surface area contributed by atoms with E-state index in [9.17, 15) is 9.90 Å². The number of nitrogens with one attached hydrogen (secondary N) is 1. The van der Waals surface area contributed by atoms with Gasteiger partial charge < -0.3 is 19.9 Å². The van der Waals surface area contributed by atoms with Gasteiger partial charge in [0.1, 0.15) is 17.2 Å². The fraction of sp³-hybridized carbons (Fsp3) is 0.0800. The molecule has 0 aliphatic rings. The molecule has 150 valence electrons. The maximum atomic E-state index is 12.7. The highest BCUT2D eigenvalue weighted by molar-refractivity contribution is 5.89. The standard InChI is InChI=1S/C25H21NO4/c1-29-19-14-11-18(12-15-19)24(26-25(28)30-20-8-3-2-4-9-20)23-21-10-6-5-7-17(21)13-16-22(23)27/h2-16,24,27H,1H3,(H,26,28). The largest absolute Gasteiger partial charge is 0.508 e. The monoisotopic (exact) mass is 399 g/mol. The molecule has 2 N–H and O–H groups in total. The van der Waals surface area contributed by atoms with Crippen LogP contribution in [0.3, 0.4) is 0 Å². The number of aromatic hydroxyl groups is 1.